The van der Waals surface area contributed by atoms with Crippen molar-refractivity contribution in [3.63, 3.8) is 0 Å². The average Bonchev–Trinajstić information content (AvgIpc) is 2.76. The molecule has 1 aromatic heterocycles. The van der Waals surface area contributed by atoms with E-state index in [4.69, 9.17) is 22.3 Å². The molecular weight excluding hydrogens is 338 g/mol. The van der Waals surface area contributed by atoms with Gasteiger partial charge in [0.25, 0.3) is 9.05 Å². The second kappa shape index (κ2) is 6.34. The fourth-order valence-corrected chi connectivity index (χ4v) is 2.79. The maximum absolute atomic E-state index is 13.8. The van der Waals surface area contributed by atoms with Gasteiger partial charge in [-0.25, -0.2) is 17.8 Å². The van der Waals surface area contributed by atoms with Crippen LogP contribution >= 0.6 is 22.3 Å². The van der Waals surface area contributed by atoms with Crippen molar-refractivity contribution in [3.8, 4) is 0 Å². The molecule has 0 spiro atoms. The maximum Gasteiger partial charge on any atom is 0.280 e. The van der Waals surface area contributed by atoms with Crippen molar-refractivity contribution in [2.45, 2.75) is 31.3 Å². The van der Waals surface area contributed by atoms with Crippen LogP contribution in [0.25, 0.3) is 0 Å². The van der Waals surface area contributed by atoms with E-state index in [2.05, 4.69) is 4.98 Å². The van der Waals surface area contributed by atoms with Crippen LogP contribution in [0.4, 0.5) is 4.39 Å². The van der Waals surface area contributed by atoms with E-state index in [1.54, 1.807) is 16.7 Å². The Bertz CT molecular complexity index is 760. The van der Waals surface area contributed by atoms with Crippen LogP contribution in [0.3, 0.4) is 0 Å². The summed E-state index contributed by atoms with van der Waals surface area (Å²) >= 11 is 5.71. The van der Waals surface area contributed by atoms with E-state index in [-0.39, 0.29) is 11.6 Å². The minimum atomic E-state index is -3.91. The largest absolute Gasteiger partial charge is 0.329 e. The predicted octanol–water partition coefficient (Wildman–Crippen LogP) is 3.60. The van der Waals surface area contributed by atoms with E-state index in [0.717, 1.165) is 6.42 Å². The van der Waals surface area contributed by atoms with Crippen molar-refractivity contribution >= 4 is 31.3 Å². The first-order valence-electron chi connectivity index (χ1n) is 6.26. The molecule has 8 heteroatoms. The molecular formula is C13H13Cl2FN2O2S. The Kier molecular flexibility index (Phi) is 4.91. The number of imidazole rings is 1. The SMILES string of the molecule is CCCc1nc(S(=O)(=O)Cl)cn1Cc1ccc(Cl)cc1F. The van der Waals surface area contributed by atoms with E-state index < -0.39 is 14.9 Å². The number of aryl methyl sites for hydroxylation is 1. The molecule has 1 aromatic carbocycles. The van der Waals surface area contributed by atoms with Gasteiger partial charge in [0.15, 0.2) is 5.03 Å². The lowest BCUT2D eigenvalue weighted by Crippen LogP contribution is -2.05. The second-order valence-corrected chi connectivity index (χ2v) is 7.50. The molecule has 0 radical (unpaired) electrons. The summed E-state index contributed by atoms with van der Waals surface area (Å²) < 4.78 is 38.1. The van der Waals surface area contributed by atoms with Crippen LogP contribution in [0.1, 0.15) is 24.7 Å². The van der Waals surface area contributed by atoms with Crippen LogP contribution in [-0.4, -0.2) is 18.0 Å². The first kappa shape index (κ1) is 16.3. The van der Waals surface area contributed by atoms with Crippen molar-refractivity contribution in [2.24, 2.45) is 0 Å². The van der Waals surface area contributed by atoms with Gasteiger partial charge in [-0.05, 0) is 18.6 Å². The normalized spacial score (nSPS) is 11.8. The topological polar surface area (TPSA) is 52.0 Å². The minimum absolute atomic E-state index is 0.164. The summed E-state index contributed by atoms with van der Waals surface area (Å²) in [6, 6.07) is 4.35. The highest BCUT2D eigenvalue weighted by atomic mass is 35.7. The van der Waals surface area contributed by atoms with Crippen molar-refractivity contribution in [1.82, 2.24) is 9.55 Å². The van der Waals surface area contributed by atoms with Gasteiger partial charge in [0.05, 0.1) is 6.54 Å². The highest BCUT2D eigenvalue weighted by molar-refractivity contribution is 8.13. The molecule has 0 fully saturated rings. The number of nitrogens with zero attached hydrogens (tertiary/aromatic N) is 2. The molecule has 4 nitrogen and oxygen atoms in total. The molecule has 0 amide bonds. The lowest BCUT2D eigenvalue weighted by molar-refractivity contribution is 0.593. The first-order valence-corrected chi connectivity index (χ1v) is 8.94. The van der Waals surface area contributed by atoms with E-state index in [1.165, 1.54) is 12.3 Å². The molecule has 114 valence electrons. The summed E-state index contributed by atoms with van der Waals surface area (Å²) in [7, 11) is 1.40. The Morgan fingerprint density at radius 2 is 2.10 bits per heavy atom. The Morgan fingerprint density at radius 1 is 1.38 bits per heavy atom. The van der Waals surface area contributed by atoms with Gasteiger partial charge in [0, 0.05) is 33.9 Å². The van der Waals surface area contributed by atoms with E-state index in [9.17, 15) is 12.8 Å². The van der Waals surface area contributed by atoms with Crippen molar-refractivity contribution in [1.29, 1.82) is 0 Å². The second-order valence-electron chi connectivity index (χ2n) is 4.55. The molecule has 0 aliphatic heterocycles. The number of hydrogen-bond acceptors (Lipinski definition) is 3. The van der Waals surface area contributed by atoms with E-state index in [0.29, 0.717) is 22.8 Å². The van der Waals surface area contributed by atoms with Crippen LogP contribution in [0, 0.1) is 5.82 Å². The van der Waals surface area contributed by atoms with Crippen molar-refractivity contribution in [2.75, 3.05) is 0 Å². The van der Waals surface area contributed by atoms with Gasteiger partial charge >= 0.3 is 0 Å². The molecule has 2 rings (SSSR count). The zero-order chi connectivity index (χ0) is 15.6. The summed E-state index contributed by atoms with van der Waals surface area (Å²) in [4.78, 5) is 4.01. The van der Waals surface area contributed by atoms with Crippen LogP contribution in [0.15, 0.2) is 29.4 Å². The van der Waals surface area contributed by atoms with Crippen LogP contribution in [-0.2, 0) is 22.0 Å². The quantitative estimate of drug-likeness (QED) is 0.774. The smallest absolute Gasteiger partial charge is 0.280 e. The monoisotopic (exact) mass is 350 g/mol. The maximum atomic E-state index is 13.8. The molecule has 0 N–H and O–H groups in total. The summed E-state index contributed by atoms with van der Waals surface area (Å²) in [5, 5.41) is 0.0849. The number of hydrogen-bond donors (Lipinski definition) is 0. The number of aromatic nitrogens is 2. The third kappa shape index (κ3) is 3.96. The fourth-order valence-electron chi connectivity index (χ4n) is 1.94. The molecule has 0 aliphatic carbocycles. The molecule has 0 bridgehead atoms. The molecule has 2 aromatic rings. The lowest BCUT2D eigenvalue weighted by Gasteiger charge is -2.08. The molecule has 0 aliphatic rings. The third-order valence-corrected chi connectivity index (χ3v) is 4.32. The molecule has 21 heavy (non-hydrogen) atoms. The van der Waals surface area contributed by atoms with Crippen LogP contribution in [0.5, 0.6) is 0 Å². The summed E-state index contributed by atoms with van der Waals surface area (Å²) in [5.74, 6) is 0.0972. The standard InChI is InChI=1S/C13H13Cl2FN2O2S/c1-2-3-12-17-13(21(15,19)20)8-18(12)7-9-4-5-10(14)6-11(9)16/h4-6,8H,2-3,7H2,1H3. The van der Waals surface area contributed by atoms with Gasteiger partial charge in [-0.1, -0.05) is 24.6 Å². The molecule has 1 heterocycles. The number of benzene rings is 1. The zero-order valence-electron chi connectivity index (χ0n) is 11.2. The Labute approximate surface area is 131 Å². The third-order valence-electron chi connectivity index (χ3n) is 2.92. The fraction of sp³-hybridized carbons (Fsp3) is 0.308. The Hall–Kier alpha value is -1.11. The van der Waals surface area contributed by atoms with Crippen molar-refractivity contribution < 1.29 is 12.8 Å². The highest BCUT2D eigenvalue weighted by Gasteiger charge is 2.18. The first-order chi connectivity index (χ1) is 9.81. The minimum Gasteiger partial charge on any atom is -0.329 e. The molecule has 0 atom stereocenters. The van der Waals surface area contributed by atoms with Crippen molar-refractivity contribution in [3.05, 3.63) is 46.6 Å². The van der Waals surface area contributed by atoms with Gasteiger partial charge in [-0.2, -0.15) is 0 Å². The summed E-state index contributed by atoms with van der Waals surface area (Å²) in [5.41, 5.74) is 0.396. The zero-order valence-corrected chi connectivity index (χ0v) is 13.5. The van der Waals surface area contributed by atoms with Gasteiger partial charge in [-0.3, -0.25) is 0 Å². The number of rotatable bonds is 5. The van der Waals surface area contributed by atoms with Gasteiger partial charge in [0.2, 0.25) is 0 Å². The van der Waals surface area contributed by atoms with Crippen LogP contribution < -0.4 is 0 Å². The predicted molar refractivity (Wildman–Crippen MR) is 79.8 cm³/mol. The molecule has 0 unspecified atom stereocenters. The molecule has 0 saturated carbocycles. The summed E-state index contributed by atoms with van der Waals surface area (Å²) in [6.07, 6.45) is 2.67. The Morgan fingerprint density at radius 3 is 2.67 bits per heavy atom. The van der Waals surface area contributed by atoms with E-state index >= 15 is 0 Å². The Balaban J connectivity index is 2.40. The number of halogens is 3. The van der Waals surface area contributed by atoms with Gasteiger partial charge < -0.3 is 4.57 Å². The lowest BCUT2D eigenvalue weighted by atomic mass is 10.2. The van der Waals surface area contributed by atoms with Crippen LogP contribution in [0.2, 0.25) is 5.02 Å². The van der Waals surface area contributed by atoms with Gasteiger partial charge in [-0.15, -0.1) is 0 Å². The average molecular weight is 351 g/mol. The van der Waals surface area contributed by atoms with E-state index in [1.807, 2.05) is 6.92 Å². The van der Waals surface area contributed by atoms with Gasteiger partial charge in [0.1, 0.15) is 11.6 Å². The highest BCUT2D eigenvalue weighted by Crippen LogP contribution is 2.20. The summed E-state index contributed by atoms with van der Waals surface area (Å²) in [6.45, 7) is 2.11. The molecule has 0 saturated heterocycles.